The lowest BCUT2D eigenvalue weighted by Gasteiger charge is -2.37. The summed E-state index contributed by atoms with van der Waals surface area (Å²) in [5.74, 6) is -0.665. The Hall–Kier alpha value is -5.14. The molecule has 2 unspecified atom stereocenters. The summed E-state index contributed by atoms with van der Waals surface area (Å²) in [6, 6.07) is 23.5. The minimum absolute atomic E-state index is 0.128. The molecule has 13 nitrogen and oxygen atoms in total. The summed E-state index contributed by atoms with van der Waals surface area (Å²) in [5.41, 5.74) is 1.15. The van der Waals surface area contributed by atoms with Crippen molar-refractivity contribution < 1.29 is 43.6 Å². The van der Waals surface area contributed by atoms with Crippen LogP contribution in [0, 0.1) is 0 Å². The molecule has 0 aliphatic heterocycles. The van der Waals surface area contributed by atoms with Crippen molar-refractivity contribution >= 4 is 23.8 Å². The number of aliphatic hydroxyl groups is 1. The predicted molar refractivity (Wildman–Crippen MR) is 164 cm³/mol. The number of carbonyl (C=O) groups is 4. The van der Waals surface area contributed by atoms with Crippen LogP contribution < -0.4 is 30.7 Å². The number of methoxy groups -OCH3 is 2. The average Bonchev–Trinajstić information content (AvgIpc) is 3.06. The van der Waals surface area contributed by atoms with Crippen LogP contribution in [0.25, 0.3) is 0 Å². The molecule has 0 spiro atoms. The van der Waals surface area contributed by atoms with E-state index < -0.39 is 61.2 Å². The van der Waals surface area contributed by atoms with Crippen molar-refractivity contribution in [2.75, 3.05) is 40.5 Å². The third-order valence-electron chi connectivity index (χ3n) is 6.87. The molecule has 0 saturated carbocycles. The summed E-state index contributed by atoms with van der Waals surface area (Å²) in [4.78, 5) is 46.9. The van der Waals surface area contributed by atoms with Gasteiger partial charge in [0.15, 0.2) is 0 Å². The molecule has 3 aromatic carbocycles. The lowest BCUT2D eigenvalue weighted by molar-refractivity contribution is -0.128. The predicted octanol–water partition coefficient (Wildman–Crippen LogP) is 1.38. The number of carboxylic acid groups (broad SMARTS) is 1. The zero-order chi connectivity index (χ0) is 32.8. The molecule has 3 aromatic rings. The molecule has 13 heteroatoms. The van der Waals surface area contributed by atoms with Gasteiger partial charge in [-0.15, -0.1) is 0 Å². The van der Waals surface area contributed by atoms with E-state index in [4.69, 9.17) is 19.3 Å². The van der Waals surface area contributed by atoms with E-state index in [1.54, 1.807) is 14.2 Å². The van der Waals surface area contributed by atoms with E-state index in [-0.39, 0.29) is 6.61 Å². The lowest BCUT2D eigenvalue weighted by Crippen LogP contribution is -2.51. The fourth-order valence-corrected chi connectivity index (χ4v) is 4.49. The second kappa shape index (κ2) is 16.6. The molecular weight excluding hydrogens is 584 g/mol. The van der Waals surface area contributed by atoms with Gasteiger partial charge in [0.1, 0.15) is 17.1 Å². The quantitative estimate of drug-likeness (QED) is 0.128. The minimum Gasteiger partial charge on any atom is -0.497 e. The van der Waals surface area contributed by atoms with E-state index in [1.807, 2.05) is 84.2 Å². The summed E-state index contributed by atoms with van der Waals surface area (Å²) in [7, 11) is 3.15. The van der Waals surface area contributed by atoms with Crippen LogP contribution in [0.1, 0.15) is 23.6 Å². The molecule has 4 amide bonds. The Morgan fingerprint density at radius 2 is 1.13 bits per heavy atom. The summed E-state index contributed by atoms with van der Waals surface area (Å²) in [6.45, 7) is -0.0298. The maximum Gasteiger partial charge on any atom is 0.405 e. The molecule has 0 heterocycles. The van der Waals surface area contributed by atoms with Gasteiger partial charge in [-0.05, 0) is 47.9 Å². The van der Waals surface area contributed by atoms with Gasteiger partial charge in [0.05, 0.1) is 52.6 Å². The Labute approximate surface area is 260 Å². The molecule has 45 heavy (non-hydrogen) atoms. The highest BCUT2D eigenvalue weighted by Crippen LogP contribution is 2.41. The molecule has 0 radical (unpaired) electrons. The molecular formula is C32H38N4O9. The van der Waals surface area contributed by atoms with E-state index in [0.29, 0.717) is 11.5 Å². The van der Waals surface area contributed by atoms with Crippen LogP contribution in [0.4, 0.5) is 4.79 Å². The first-order valence-corrected chi connectivity index (χ1v) is 14.0. The first kappa shape index (κ1) is 34.4. The van der Waals surface area contributed by atoms with E-state index in [2.05, 4.69) is 16.0 Å². The van der Waals surface area contributed by atoms with E-state index in [0.717, 1.165) is 16.7 Å². The van der Waals surface area contributed by atoms with Gasteiger partial charge in [0, 0.05) is 0 Å². The summed E-state index contributed by atoms with van der Waals surface area (Å²) in [6.07, 6.45) is -2.41. The minimum atomic E-state index is -1.38. The van der Waals surface area contributed by atoms with Crippen molar-refractivity contribution in [3.63, 3.8) is 0 Å². The molecule has 2 atom stereocenters. The second-order valence-corrected chi connectivity index (χ2v) is 9.94. The van der Waals surface area contributed by atoms with Crippen molar-refractivity contribution in [1.82, 2.24) is 21.3 Å². The highest BCUT2D eigenvalue weighted by Gasteiger charge is 2.39. The number of benzene rings is 3. The second-order valence-electron chi connectivity index (χ2n) is 9.94. The topological polar surface area (TPSA) is 185 Å². The monoisotopic (exact) mass is 622 g/mol. The van der Waals surface area contributed by atoms with Crippen LogP contribution in [0.5, 0.6) is 11.5 Å². The Balaban J connectivity index is 1.81. The van der Waals surface area contributed by atoms with Crippen molar-refractivity contribution in [3.05, 3.63) is 95.6 Å². The summed E-state index contributed by atoms with van der Waals surface area (Å²) >= 11 is 0. The summed E-state index contributed by atoms with van der Waals surface area (Å²) < 4.78 is 17.5. The largest absolute Gasteiger partial charge is 0.497 e. The molecule has 0 aliphatic rings. The highest BCUT2D eigenvalue weighted by molar-refractivity contribution is 5.89. The van der Waals surface area contributed by atoms with Crippen LogP contribution in [0.2, 0.25) is 0 Å². The van der Waals surface area contributed by atoms with Gasteiger partial charge in [-0.3, -0.25) is 14.4 Å². The third kappa shape index (κ3) is 9.68. The van der Waals surface area contributed by atoms with Crippen molar-refractivity contribution in [2.24, 2.45) is 0 Å². The number of rotatable bonds is 16. The van der Waals surface area contributed by atoms with E-state index in [9.17, 15) is 24.3 Å². The smallest absolute Gasteiger partial charge is 0.405 e. The number of hydrogen-bond donors (Lipinski definition) is 6. The van der Waals surface area contributed by atoms with Crippen LogP contribution in [-0.2, 0) is 24.7 Å². The Bertz CT molecular complexity index is 1370. The van der Waals surface area contributed by atoms with Crippen molar-refractivity contribution in [3.8, 4) is 11.5 Å². The Kier molecular flexibility index (Phi) is 12.7. The fraction of sp³-hybridized carbons (Fsp3) is 0.312. The standard InChI is InChI=1S/C32H38N4O9/c1-21(37)27(36-30(40)19-34-28(38)17-33-29(39)18-35-31(41)42)20-45-32(22-7-5-4-6-8-22,23-9-13-25(43-2)14-10-23)24-11-15-26(44-3)16-12-24/h4-16,21,27,35,37H,17-20H2,1-3H3,(H,33,39)(H,34,38)(H,36,40)(H,41,42). The number of nitrogens with one attached hydrogen (secondary N) is 4. The Morgan fingerprint density at radius 1 is 0.689 bits per heavy atom. The third-order valence-corrected chi connectivity index (χ3v) is 6.87. The Morgan fingerprint density at radius 3 is 1.58 bits per heavy atom. The molecule has 240 valence electrons. The zero-order valence-electron chi connectivity index (χ0n) is 25.2. The maximum absolute atomic E-state index is 12.8. The van der Waals surface area contributed by atoms with Gasteiger partial charge >= 0.3 is 6.09 Å². The normalized spacial score (nSPS) is 12.3. The molecule has 0 aromatic heterocycles. The van der Waals surface area contributed by atoms with E-state index >= 15 is 0 Å². The number of amides is 4. The first-order valence-electron chi connectivity index (χ1n) is 14.0. The summed E-state index contributed by atoms with van der Waals surface area (Å²) in [5, 5.41) is 28.3. The first-order chi connectivity index (χ1) is 21.6. The SMILES string of the molecule is COc1ccc(C(OCC(NC(=O)CNC(=O)CNC(=O)CNC(=O)O)C(C)O)(c2ccccc2)c2ccc(OC)cc2)cc1. The van der Waals surface area contributed by atoms with Crippen molar-refractivity contribution in [1.29, 1.82) is 0 Å². The highest BCUT2D eigenvalue weighted by atomic mass is 16.5. The number of hydrogen-bond acceptors (Lipinski definition) is 8. The lowest BCUT2D eigenvalue weighted by atomic mass is 9.80. The van der Waals surface area contributed by atoms with Gasteiger partial charge in [-0.1, -0.05) is 54.6 Å². The van der Waals surface area contributed by atoms with Gasteiger partial charge in [-0.2, -0.15) is 0 Å². The maximum atomic E-state index is 12.8. The van der Waals surface area contributed by atoms with E-state index in [1.165, 1.54) is 6.92 Å². The van der Waals surface area contributed by atoms with Crippen LogP contribution in [-0.4, -0.2) is 86.6 Å². The average molecular weight is 623 g/mol. The van der Waals surface area contributed by atoms with Gasteiger partial charge in [-0.25, -0.2) is 4.79 Å². The zero-order valence-corrected chi connectivity index (χ0v) is 25.2. The molecule has 6 N–H and O–H groups in total. The van der Waals surface area contributed by atoms with Gasteiger partial charge in [0.2, 0.25) is 17.7 Å². The molecule has 0 aliphatic carbocycles. The fourth-order valence-electron chi connectivity index (χ4n) is 4.49. The molecule has 0 fully saturated rings. The number of carbonyl (C=O) groups excluding carboxylic acids is 3. The van der Waals surface area contributed by atoms with Crippen LogP contribution >= 0.6 is 0 Å². The van der Waals surface area contributed by atoms with Crippen LogP contribution in [0.3, 0.4) is 0 Å². The molecule has 0 saturated heterocycles. The number of aliphatic hydroxyl groups excluding tert-OH is 1. The number of ether oxygens (including phenoxy) is 3. The van der Waals surface area contributed by atoms with Gasteiger partial charge < -0.3 is 45.7 Å². The van der Waals surface area contributed by atoms with Crippen LogP contribution in [0.15, 0.2) is 78.9 Å². The molecule has 0 bridgehead atoms. The van der Waals surface area contributed by atoms with Crippen molar-refractivity contribution in [2.45, 2.75) is 24.7 Å². The molecule has 3 rings (SSSR count). The van der Waals surface area contributed by atoms with Gasteiger partial charge in [0.25, 0.3) is 0 Å².